The molecule has 2 rings (SSSR count). The lowest BCUT2D eigenvalue weighted by Gasteiger charge is -2.10. The van der Waals surface area contributed by atoms with Crippen LogP contribution >= 0.6 is 23.3 Å². The van der Waals surface area contributed by atoms with E-state index < -0.39 is 0 Å². The molecule has 0 aliphatic heterocycles. The molecule has 0 atom stereocenters. The average molecular weight is 308 g/mol. The summed E-state index contributed by atoms with van der Waals surface area (Å²) in [5, 5.41) is 4.01. The number of ether oxygens (including phenoxy) is 1. The number of thioether (sulfide) groups is 1. The number of carbonyl (C=O) groups is 1. The van der Waals surface area contributed by atoms with Gasteiger partial charge in [0.25, 0.3) is 0 Å². The molecule has 0 saturated carbocycles. The summed E-state index contributed by atoms with van der Waals surface area (Å²) in [6, 6.07) is 7.96. The Hall–Kier alpha value is -1.53. The minimum Gasteiger partial charge on any atom is -0.462 e. The zero-order valence-corrected chi connectivity index (χ0v) is 13.2. The van der Waals surface area contributed by atoms with Crippen LogP contribution in [0.3, 0.4) is 0 Å². The number of nitrogens with zero attached hydrogens (tertiary/aromatic N) is 1. The number of carbonyl (C=O) groups excluding carboxylic acids is 1. The topological polar surface area (TPSA) is 51.2 Å². The van der Waals surface area contributed by atoms with Gasteiger partial charge in [-0.15, -0.1) is 11.8 Å². The molecule has 0 saturated heterocycles. The first-order chi connectivity index (χ1) is 9.67. The van der Waals surface area contributed by atoms with Crippen LogP contribution < -0.4 is 5.32 Å². The fourth-order valence-electron chi connectivity index (χ4n) is 1.77. The standard InChI is InChI=1S/C14H16N2O2S2/c1-4-18-14(17)12-9(2)16-20-13(12)15-10-7-5-6-8-11(10)19-3/h5-8,15H,4H2,1-3H3. The highest BCUT2D eigenvalue weighted by Gasteiger charge is 2.20. The molecule has 0 aliphatic rings. The second kappa shape index (κ2) is 6.76. The lowest BCUT2D eigenvalue weighted by molar-refractivity contribution is 0.0527. The van der Waals surface area contributed by atoms with Crippen molar-refractivity contribution >= 4 is 40.0 Å². The van der Waals surface area contributed by atoms with E-state index in [0.717, 1.165) is 15.6 Å². The van der Waals surface area contributed by atoms with Crippen molar-refractivity contribution in [2.75, 3.05) is 18.2 Å². The van der Waals surface area contributed by atoms with Crippen molar-refractivity contribution in [1.29, 1.82) is 0 Å². The van der Waals surface area contributed by atoms with E-state index in [1.165, 1.54) is 11.5 Å². The SMILES string of the molecule is CCOC(=O)c1c(C)nsc1Nc1ccccc1SC. The summed E-state index contributed by atoms with van der Waals surface area (Å²) < 4.78 is 9.33. The van der Waals surface area contributed by atoms with Gasteiger partial charge in [-0.05, 0) is 43.8 Å². The van der Waals surface area contributed by atoms with Gasteiger partial charge in [0.15, 0.2) is 0 Å². The third kappa shape index (κ3) is 3.13. The highest BCUT2D eigenvalue weighted by Crippen LogP contribution is 2.32. The predicted octanol–water partition coefficient (Wildman–Crippen LogP) is 4.09. The Morgan fingerprint density at radius 1 is 1.45 bits per heavy atom. The molecule has 20 heavy (non-hydrogen) atoms. The van der Waals surface area contributed by atoms with Crippen molar-refractivity contribution in [3.05, 3.63) is 35.5 Å². The van der Waals surface area contributed by atoms with Crippen molar-refractivity contribution in [2.45, 2.75) is 18.7 Å². The maximum Gasteiger partial charge on any atom is 0.343 e. The highest BCUT2D eigenvalue weighted by molar-refractivity contribution is 7.98. The molecule has 2 aromatic rings. The van der Waals surface area contributed by atoms with E-state index in [1.807, 2.05) is 37.4 Å². The van der Waals surface area contributed by atoms with Crippen LogP contribution in [-0.4, -0.2) is 23.2 Å². The zero-order valence-electron chi connectivity index (χ0n) is 11.6. The number of hydrogen-bond acceptors (Lipinski definition) is 6. The van der Waals surface area contributed by atoms with Crippen molar-refractivity contribution in [1.82, 2.24) is 4.37 Å². The number of aryl methyl sites for hydroxylation is 1. The van der Waals surface area contributed by atoms with E-state index in [-0.39, 0.29) is 5.97 Å². The number of anilines is 2. The smallest absolute Gasteiger partial charge is 0.343 e. The van der Waals surface area contributed by atoms with E-state index >= 15 is 0 Å². The van der Waals surface area contributed by atoms with Crippen LogP contribution in [0.5, 0.6) is 0 Å². The van der Waals surface area contributed by atoms with E-state index in [1.54, 1.807) is 18.7 Å². The molecule has 0 aliphatic carbocycles. The van der Waals surface area contributed by atoms with Crippen molar-refractivity contribution in [2.24, 2.45) is 0 Å². The Labute approximate surface area is 126 Å². The van der Waals surface area contributed by atoms with E-state index in [0.29, 0.717) is 17.9 Å². The molecule has 1 N–H and O–H groups in total. The summed E-state index contributed by atoms with van der Waals surface area (Å²) in [5.74, 6) is -0.331. The van der Waals surface area contributed by atoms with Gasteiger partial charge >= 0.3 is 5.97 Å². The highest BCUT2D eigenvalue weighted by atomic mass is 32.2. The Morgan fingerprint density at radius 2 is 2.20 bits per heavy atom. The van der Waals surface area contributed by atoms with Crippen LogP contribution in [0.2, 0.25) is 0 Å². The molecular formula is C14H16N2O2S2. The van der Waals surface area contributed by atoms with Gasteiger partial charge in [-0.25, -0.2) is 4.79 Å². The molecule has 6 heteroatoms. The van der Waals surface area contributed by atoms with Gasteiger partial charge in [0, 0.05) is 4.90 Å². The summed E-state index contributed by atoms with van der Waals surface area (Å²) >= 11 is 2.92. The van der Waals surface area contributed by atoms with Crippen LogP contribution in [0.4, 0.5) is 10.7 Å². The Balaban J connectivity index is 2.32. The lowest BCUT2D eigenvalue weighted by Crippen LogP contribution is -2.07. The predicted molar refractivity (Wildman–Crippen MR) is 84.3 cm³/mol. The van der Waals surface area contributed by atoms with Crippen LogP contribution in [0.25, 0.3) is 0 Å². The van der Waals surface area contributed by atoms with Gasteiger partial charge < -0.3 is 10.1 Å². The molecular weight excluding hydrogens is 292 g/mol. The van der Waals surface area contributed by atoms with Gasteiger partial charge in [0.2, 0.25) is 0 Å². The molecule has 0 fully saturated rings. The Bertz CT molecular complexity index is 611. The van der Waals surface area contributed by atoms with Gasteiger partial charge in [-0.3, -0.25) is 0 Å². The maximum atomic E-state index is 12.0. The molecule has 106 valence electrons. The summed E-state index contributed by atoms with van der Waals surface area (Å²) in [5.41, 5.74) is 2.18. The quantitative estimate of drug-likeness (QED) is 0.666. The molecule has 0 unspecified atom stereocenters. The summed E-state index contributed by atoms with van der Waals surface area (Å²) in [4.78, 5) is 13.1. The third-order valence-electron chi connectivity index (χ3n) is 2.70. The fourth-order valence-corrected chi connectivity index (χ4v) is 3.12. The number of hydrogen-bond donors (Lipinski definition) is 1. The van der Waals surface area contributed by atoms with Crippen LogP contribution in [-0.2, 0) is 4.74 Å². The second-order valence-corrected chi connectivity index (χ2v) is 5.64. The van der Waals surface area contributed by atoms with E-state index in [2.05, 4.69) is 9.69 Å². The minimum absolute atomic E-state index is 0.331. The fraction of sp³-hybridized carbons (Fsp3) is 0.286. The van der Waals surface area contributed by atoms with Crippen molar-refractivity contribution in [3.8, 4) is 0 Å². The average Bonchev–Trinajstić information content (AvgIpc) is 2.80. The van der Waals surface area contributed by atoms with Gasteiger partial charge in [0.1, 0.15) is 10.6 Å². The molecule has 0 spiro atoms. The maximum absolute atomic E-state index is 12.0. The Morgan fingerprint density at radius 3 is 2.90 bits per heavy atom. The molecule has 1 aromatic carbocycles. The largest absolute Gasteiger partial charge is 0.462 e. The number of rotatable bonds is 5. The molecule has 0 amide bonds. The minimum atomic E-state index is -0.331. The number of nitrogens with one attached hydrogen (secondary N) is 1. The molecule has 0 radical (unpaired) electrons. The first-order valence-corrected chi connectivity index (χ1v) is 8.20. The first-order valence-electron chi connectivity index (χ1n) is 6.20. The van der Waals surface area contributed by atoms with Gasteiger partial charge in [-0.1, -0.05) is 12.1 Å². The molecule has 1 heterocycles. The molecule has 4 nitrogen and oxygen atoms in total. The molecule has 1 aromatic heterocycles. The van der Waals surface area contributed by atoms with Crippen LogP contribution in [0, 0.1) is 6.92 Å². The summed E-state index contributed by atoms with van der Waals surface area (Å²) in [6.45, 7) is 3.96. The summed E-state index contributed by atoms with van der Waals surface area (Å²) in [6.07, 6.45) is 2.02. The number of benzene rings is 1. The molecule has 0 bridgehead atoms. The number of aromatic nitrogens is 1. The normalized spacial score (nSPS) is 10.3. The van der Waals surface area contributed by atoms with E-state index in [4.69, 9.17) is 4.74 Å². The lowest BCUT2D eigenvalue weighted by atomic mass is 10.2. The number of esters is 1. The van der Waals surface area contributed by atoms with Crippen LogP contribution in [0.1, 0.15) is 23.0 Å². The van der Waals surface area contributed by atoms with Gasteiger partial charge in [-0.2, -0.15) is 4.37 Å². The summed E-state index contributed by atoms with van der Waals surface area (Å²) in [7, 11) is 0. The Kier molecular flexibility index (Phi) is 5.03. The third-order valence-corrected chi connectivity index (χ3v) is 4.35. The zero-order chi connectivity index (χ0) is 14.5. The second-order valence-electron chi connectivity index (χ2n) is 4.02. The number of para-hydroxylation sites is 1. The van der Waals surface area contributed by atoms with Crippen LogP contribution in [0.15, 0.2) is 29.2 Å². The van der Waals surface area contributed by atoms with Crippen molar-refractivity contribution < 1.29 is 9.53 Å². The van der Waals surface area contributed by atoms with Crippen molar-refractivity contribution in [3.63, 3.8) is 0 Å². The van der Waals surface area contributed by atoms with E-state index in [9.17, 15) is 4.79 Å². The first kappa shape index (κ1) is 14.9. The monoisotopic (exact) mass is 308 g/mol. The van der Waals surface area contributed by atoms with Gasteiger partial charge in [0.05, 0.1) is 18.0 Å².